The van der Waals surface area contributed by atoms with Gasteiger partial charge in [-0.25, -0.2) is 8.78 Å². The zero-order valence-electron chi connectivity index (χ0n) is 10.2. The van der Waals surface area contributed by atoms with Gasteiger partial charge in [0.2, 0.25) is 5.91 Å². The Labute approximate surface area is 124 Å². The molecule has 1 amide bonds. The molecular weight excluding hydrogens is 304 g/mol. The Bertz CT molecular complexity index is 636. The molecule has 2 aromatic carbocycles. The summed E-state index contributed by atoms with van der Waals surface area (Å²) in [6.07, 6.45) is 0. The van der Waals surface area contributed by atoms with E-state index in [4.69, 9.17) is 11.6 Å². The largest absolute Gasteiger partial charge is 0.323 e. The summed E-state index contributed by atoms with van der Waals surface area (Å²) in [4.78, 5) is 12.4. The van der Waals surface area contributed by atoms with E-state index in [-0.39, 0.29) is 22.4 Å². The van der Waals surface area contributed by atoms with Gasteiger partial charge >= 0.3 is 0 Å². The van der Waals surface area contributed by atoms with Crippen molar-refractivity contribution in [2.45, 2.75) is 4.90 Å². The molecule has 104 valence electrons. The van der Waals surface area contributed by atoms with Gasteiger partial charge in [-0.1, -0.05) is 23.7 Å². The van der Waals surface area contributed by atoms with Crippen LogP contribution in [0.5, 0.6) is 0 Å². The molecule has 0 saturated carbocycles. The number of para-hydroxylation sites is 1. The van der Waals surface area contributed by atoms with Crippen molar-refractivity contribution in [2.24, 2.45) is 0 Å². The number of hydrogen-bond donors (Lipinski definition) is 1. The molecule has 2 aromatic rings. The van der Waals surface area contributed by atoms with Gasteiger partial charge in [-0.3, -0.25) is 4.79 Å². The van der Waals surface area contributed by atoms with Crippen LogP contribution < -0.4 is 5.32 Å². The molecule has 0 heterocycles. The molecule has 6 heteroatoms. The highest BCUT2D eigenvalue weighted by Gasteiger charge is 2.08. The molecule has 0 fully saturated rings. The van der Waals surface area contributed by atoms with Gasteiger partial charge in [0, 0.05) is 4.90 Å². The second-order valence-electron chi connectivity index (χ2n) is 3.89. The Morgan fingerprint density at radius 3 is 2.60 bits per heavy atom. The van der Waals surface area contributed by atoms with Crippen molar-refractivity contribution in [1.29, 1.82) is 0 Å². The average Bonchev–Trinajstić information content (AvgIpc) is 2.43. The summed E-state index contributed by atoms with van der Waals surface area (Å²) in [7, 11) is 0. The maximum atomic E-state index is 13.3. The molecule has 0 radical (unpaired) electrons. The molecule has 0 bridgehead atoms. The van der Waals surface area contributed by atoms with Gasteiger partial charge in [0.1, 0.15) is 11.6 Å². The first-order chi connectivity index (χ1) is 9.56. The topological polar surface area (TPSA) is 29.1 Å². The van der Waals surface area contributed by atoms with Crippen molar-refractivity contribution in [3.05, 3.63) is 59.1 Å². The maximum Gasteiger partial charge on any atom is 0.234 e. The lowest BCUT2D eigenvalue weighted by molar-refractivity contribution is -0.113. The predicted octanol–water partition coefficient (Wildman–Crippen LogP) is 4.35. The van der Waals surface area contributed by atoms with Crippen LogP contribution in [0.2, 0.25) is 5.02 Å². The van der Waals surface area contributed by atoms with E-state index in [1.54, 1.807) is 12.1 Å². The van der Waals surface area contributed by atoms with Crippen LogP contribution >= 0.6 is 23.4 Å². The summed E-state index contributed by atoms with van der Waals surface area (Å²) < 4.78 is 26.3. The standard InChI is InChI=1S/C14H10ClF2NOS/c15-10-7-9(5-6-11(10)16)20-8-14(19)18-13-4-2-1-3-12(13)17/h1-7H,8H2,(H,18,19). The van der Waals surface area contributed by atoms with Gasteiger partial charge in [-0.2, -0.15) is 0 Å². The van der Waals surface area contributed by atoms with Crippen molar-refractivity contribution in [3.63, 3.8) is 0 Å². The minimum Gasteiger partial charge on any atom is -0.323 e. The molecule has 0 aliphatic heterocycles. The number of rotatable bonds is 4. The molecule has 20 heavy (non-hydrogen) atoms. The first-order valence-electron chi connectivity index (χ1n) is 5.68. The van der Waals surface area contributed by atoms with Crippen LogP contribution in [0.25, 0.3) is 0 Å². The number of hydrogen-bond acceptors (Lipinski definition) is 2. The summed E-state index contributed by atoms with van der Waals surface area (Å²) >= 11 is 6.83. The zero-order chi connectivity index (χ0) is 14.5. The molecule has 0 aliphatic carbocycles. The van der Waals surface area contributed by atoms with Gasteiger partial charge in [0.05, 0.1) is 16.5 Å². The Hall–Kier alpha value is -1.59. The number of halogens is 3. The Kier molecular flexibility index (Phi) is 4.98. The van der Waals surface area contributed by atoms with Crippen LogP contribution in [-0.2, 0) is 4.79 Å². The van der Waals surface area contributed by atoms with Gasteiger partial charge in [0.15, 0.2) is 0 Å². The average molecular weight is 314 g/mol. The summed E-state index contributed by atoms with van der Waals surface area (Å²) in [5, 5.41) is 2.47. The van der Waals surface area contributed by atoms with Gasteiger partial charge in [-0.05, 0) is 30.3 Å². The highest BCUT2D eigenvalue weighted by atomic mass is 35.5. The van der Waals surface area contributed by atoms with Gasteiger partial charge in [0.25, 0.3) is 0 Å². The van der Waals surface area contributed by atoms with E-state index in [0.717, 1.165) is 0 Å². The number of amides is 1. The Balaban J connectivity index is 1.92. The monoisotopic (exact) mass is 313 g/mol. The first-order valence-corrected chi connectivity index (χ1v) is 7.05. The number of thioether (sulfide) groups is 1. The number of carbonyl (C=O) groups is 1. The van der Waals surface area contributed by atoms with E-state index in [1.807, 2.05) is 0 Å². The molecular formula is C14H10ClF2NOS. The lowest BCUT2D eigenvalue weighted by Crippen LogP contribution is -2.14. The normalized spacial score (nSPS) is 10.3. The van der Waals surface area contributed by atoms with E-state index in [0.29, 0.717) is 4.90 Å². The summed E-state index contributed by atoms with van der Waals surface area (Å²) in [6, 6.07) is 10.1. The molecule has 1 N–H and O–H groups in total. The number of anilines is 1. The van der Waals surface area contributed by atoms with E-state index in [1.165, 1.54) is 42.1 Å². The number of nitrogens with one attached hydrogen (secondary N) is 1. The van der Waals surface area contributed by atoms with Crippen molar-refractivity contribution in [1.82, 2.24) is 0 Å². The van der Waals surface area contributed by atoms with Crippen LogP contribution in [-0.4, -0.2) is 11.7 Å². The molecule has 0 aliphatic rings. The molecule has 0 saturated heterocycles. The van der Waals surface area contributed by atoms with Gasteiger partial charge in [-0.15, -0.1) is 11.8 Å². The third kappa shape index (κ3) is 3.95. The van der Waals surface area contributed by atoms with E-state index in [2.05, 4.69) is 5.32 Å². The van der Waals surface area contributed by atoms with E-state index < -0.39 is 11.6 Å². The van der Waals surface area contributed by atoms with Crippen molar-refractivity contribution in [3.8, 4) is 0 Å². The third-order valence-corrected chi connectivity index (χ3v) is 3.69. The third-order valence-electron chi connectivity index (χ3n) is 2.41. The van der Waals surface area contributed by atoms with Crippen LogP contribution in [0.3, 0.4) is 0 Å². The quantitative estimate of drug-likeness (QED) is 0.850. The molecule has 0 spiro atoms. The first kappa shape index (κ1) is 14.8. The SMILES string of the molecule is O=C(CSc1ccc(F)c(Cl)c1)Nc1ccccc1F. The summed E-state index contributed by atoms with van der Waals surface area (Å²) in [5.74, 6) is -1.26. The lowest BCUT2D eigenvalue weighted by Gasteiger charge is -2.06. The fourth-order valence-corrected chi connectivity index (χ4v) is 2.45. The molecule has 0 unspecified atom stereocenters. The fraction of sp³-hybridized carbons (Fsp3) is 0.0714. The number of carbonyl (C=O) groups excluding carboxylic acids is 1. The molecule has 0 atom stereocenters. The fourth-order valence-electron chi connectivity index (χ4n) is 1.46. The van der Waals surface area contributed by atoms with E-state index >= 15 is 0 Å². The van der Waals surface area contributed by atoms with Crippen molar-refractivity contribution in [2.75, 3.05) is 11.1 Å². The van der Waals surface area contributed by atoms with Crippen LogP contribution in [0.1, 0.15) is 0 Å². The van der Waals surface area contributed by atoms with E-state index in [9.17, 15) is 13.6 Å². The predicted molar refractivity (Wildman–Crippen MR) is 77.2 cm³/mol. The number of benzene rings is 2. The summed E-state index contributed by atoms with van der Waals surface area (Å²) in [5.41, 5.74) is 0.134. The van der Waals surface area contributed by atoms with Crippen LogP contribution in [0, 0.1) is 11.6 Å². The van der Waals surface area contributed by atoms with Crippen LogP contribution in [0.15, 0.2) is 47.4 Å². The second kappa shape index (κ2) is 6.72. The Morgan fingerprint density at radius 1 is 1.15 bits per heavy atom. The summed E-state index contributed by atoms with van der Waals surface area (Å²) in [6.45, 7) is 0. The Morgan fingerprint density at radius 2 is 1.90 bits per heavy atom. The minimum absolute atomic E-state index is 0.00418. The van der Waals surface area contributed by atoms with Crippen molar-refractivity contribution >= 4 is 35.0 Å². The maximum absolute atomic E-state index is 13.3. The highest BCUT2D eigenvalue weighted by molar-refractivity contribution is 8.00. The van der Waals surface area contributed by atoms with Gasteiger partial charge < -0.3 is 5.32 Å². The highest BCUT2D eigenvalue weighted by Crippen LogP contribution is 2.24. The zero-order valence-corrected chi connectivity index (χ0v) is 11.8. The lowest BCUT2D eigenvalue weighted by atomic mass is 10.3. The van der Waals surface area contributed by atoms with Crippen LogP contribution in [0.4, 0.5) is 14.5 Å². The molecule has 2 rings (SSSR count). The smallest absolute Gasteiger partial charge is 0.234 e. The second-order valence-corrected chi connectivity index (χ2v) is 5.35. The van der Waals surface area contributed by atoms with Crippen molar-refractivity contribution < 1.29 is 13.6 Å². The molecule has 0 aromatic heterocycles. The molecule has 2 nitrogen and oxygen atoms in total. The minimum atomic E-state index is -0.508.